The first-order chi connectivity index (χ1) is 8.11. The Morgan fingerprint density at radius 3 is 3.12 bits per heavy atom. The van der Waals surface area contributed by atoms with E-state index in [4.69, 9.17) is 10.5 Å². The number of nitrogens with two attached hydrogens (primary N) is 1. The number of methoxy groups -OCH3 is 1. The number of hydrogen-bond donors (Lipinski definition) is 2. The third-order valence-electron chi connectivity index (χ3n) is 2.83. The topological polar surface area (TPSA) is 85.9 Å². The number of ether oxygens (including phenoxy) is 1. The molecule has 1 atom stereocenters. The molecule has 0 aliphatic rings. The lowest BCUT2D eigenvalue weighted by atomic mass is 10.3. The van der Waals surface area contributed by atoms with Gasteiger partial charge in [0.1, 0.15) is 5.65 Å². The summed E-state index contributed by atoms with van der Waals surface area (Å²) in [7, 11) is 1.68. The molecule has 0 radical (unpaired) electrons. The summed E-state index contributed by atoms with van der Waals surface area (Å²) in [6.07, 6.45) is 2.87. The summed E-state index contributed by atoms with van der Waals surface area (Å²) >= 11 is 0. The third kappa shape index (κ3) is 2.31. The average molecular weight is 236 g/mol. The van der Waals surface area contributed by atoms with Crippen molar-refractivity contribution in [2.75, 3.05) is 12.8 Å². The van der Waals surface area contributed by atoms with E-state index in [-0.39, 0.29) is 17.6 Å². The number of aromatic amines is 1. The fourth-order valence-electron chi connectivity index (χ4n) is 1.71. The maximum Gasteiger partial charge on any atom is 0.261 e. The minimum Gasteiger partial charge on any atom is -0.382 e. The molecule has 6 heteroatoms. The van der Waals surface area contributed by atoms with Gasteiger partial charge in [-0.25, -0.2) is 0 Å². The predicted molar refractivity (Wildman–Crippen MR) is 65.9 cm³/mol. The van der Waals surface area contributed by atoms with Crippen LogP contribution >= 0.6 is 0 Å². The third-order valence-corrected chi connectivity index (χ3v) is 2.83. The summed E-state index contributed by atoms with van der Waals surface area (Å²) in [4.78, 5) is 18.2. The second-order valence-electron chi connectivity index (χ2n) is 4.03. The zero-order valence-corrected chi connectivity index (χ0v) is 9.93. The highest BCUT2D eigenvalue weighted by Crippen LogP contribution is 2.11. The van der Waals surface area contributed by atoms with Crippen molar-refractivity contribution >= 4 is 17.0 Å². The van der Waals surface area contributed by atoms with E-state index in [0.717, 1.165) is 13.0 Å². The number of hydrogen-bond acceptors (Lipinski definition) is 4. The Bertz CT molecular complexity index is 572. The molecular formula is C11H16N4O2. The number of nitrogens with one attached hydrogen (secondary N) is 1. The van der Waals surface area contributed by atoms with Gasteiger partial charge in [-0.05, 0) is 19.4 Å². The van der Waals surface area contributed by atoms with E-state index in [2.05, 4.69) is 9.97 Å². The second kappa shape index (κ2) is 4.58. The van der Waals surface area contributed by atoms with Crippen LogP contribution in [0.2, 0.25) is 0 Å². The first-order valence-electron chi connectivity index (χ1n) is 5.49. The van der Waals surface area contributed by atoms with Crippen LogP contribution in [0.25, 0.3) is 11.0 Å². The van der Waals surface area contributed by atoms with Crippen molar-refractivity contribution in [3.63, 3.8) is 0 Å². The van der Waals surface area contributed by atoms with Crippen molar-refractivity contribution in [1.82, 2.24) is 14.5 Å². The van der Waals surface area contributed by atoms with Crippen LogP contribution in [0.1, 0.15) is 13.3 Å². The van der Waals surface area contributed by atoms with Crippen molar-refractivity contribution in [1.29, 1.82) is 0 Å². The van der Waals surface area contributed by atoms with Crippen LogP contribution in [-0.2, 0) is 11.3 Å². The molecule has 17 heavy (non-hydrogen) atoms. The number of nitrogen functional groups attached to an aromatic ring is 1. The lowest BCUT2D eigenvalue weighted by molar-refractivity contribution is 0.107. The number of fused-ring (bicyclic) bond motifs is 1. The Balaban J connectivity index is 2.33. The average Bonchev–Trinajstić information content (AvgIpc) is 2.69. The highest BCUT2D eigenvalue weighted by Gasteiger charge is 2.08. The van der Waals surface area contributed by atoms with Gasteiger partial charge in [0.15, 0.2) is 0 Å². The van der Waals surface area contributed by atoms with E-state index in [1.165, 1.54) is 0 Å². The maximum atomic E-state index is 11.6. The van der Waals surface area contributed by atoms with Crippen molar-refractivity contribution in [3.8, 4) is 0 Å². The van der Waals surface area contributed by atoms with Crippen LogP contribution in [0.3, 0.4) is 0 Å². The molecule has 0 fully saturated rings. The van der Waals surface area contributed by atoms with Crippen LogP contribution in [-0.4, -0.2) is 27.7 Å². The Kier molecular flexibility index (Phi) is 3.14. The molecule has 0 saturated heterocycles. The van der Waals surface area contributed by atoms with E-state index in [1.807, 2.05) is 17.7 Å². The van der Waals surface area contributed by atoms with E-state index < -0.39 is 0 Å². The van der Waals surface area contributed by atoms with E-state index >= 15 is 0 Å². The molecule has 6 nitrogen and oxygen atoms in total. The van der Waals surface area contributed by atoms with Gasteiger partial charge in [0, 0.05) is 19.9 Å². The van der Waals surface area contributed by atoms with E-state index in [9.17, 15) is 4.79 Å². The summed E-state index contributed by atoms with van der Waals surface area (Å²) in [6, 6.07) is 1.75. The van der Waals surface area contributed by atoms with Crippen LogP contribution in [0.5, 0.6) is 0 Å². The standard InChI is InChI=1S/C11H16N4O2/c1-7(17-2)3-5-15-6-4-8-9(15)13-11(12)14-10(8)16/h4,6-7H,3,5H2,1-2H3,(H3,12,13,14,16). The van der Waals surface area contributed by atoms with Gasteiger partial charge in [-0.2, -0.15) is 4.98 Å². The minimum absolute atomic E-state index is 0.141. The molecule has 0 bridgehead atoms. The Labute approximate surface area is 98.4 Å². The number of aryl methyl sites for hydroxylation is 1. The molecule has 0 aromatic carbocycles. The van der Waals surface area contributed by atoms with Crippen molar-refractivity contribution in [2.45, 2.75) is 26.0 Å². The summed E-state index contributed by atoms with van der Waals surface area (Å²) < 4.78 is 7.09. The normalized spacial score (nSPS) is 13.1. The van der Waals surface area contributed by atoms with Crippen LogP contribution < -0.4 is 11.3 Å². The van der Waals surface area contributed by atoms with Gasteiger partial charge in [0.2, 0.25) is 5.95 Å². The second-order valence-corrected chi connectivity index (χ2v) is 4.03. The minimum atomic E-state index is -0.203. The molecule has 0 aliphatic carbocycles. The number of rotatable bonds is 4. The van der Waals surface area contributed by atoms with Gasteiger partial charge in [-0.3, -0.25) is 9.78 Å². The van der Waals surface area contributed by atoms with Gasteiger partial charge in [0.05, 0.1) is 11.5 Å². The smallest absolute Gasteiger partial charge is 0.261 e. The molecule has 2 heterocycles. The summed E-state index contributed by atoms with van der Waals surface area (Å²) in [5.74, 6) is 0.141. The molecule has 0 aliphatic heterocycles. The van der Waals surface area contributed by atoms with Gasteiger partial charge in [-0.15, -0.1) is 0 Å². The molecule has 2 aromatic rings. The van der Waals surface area contributed by atoms with Gasteiger partial charge in [0.25, 0.3) is 5.56 Å². The number of aromatic nitrogens is 3. The monoisotopic (exact) mass is 236 g/mol. The van der Waals surface area contributed by atoms with Crippen molar-refractivity contribution in [3.05, 3.63) is 22.6 Å². The van der Waals surface area contributed by atoms with Crippen molar-refractivity contribution in [2.24, 2.45) is 0 Å². The van der Waals surface area contributed by atoms with Crippen molar-refractivity contribution < 1.29 is 4.74 Å². The highest BCUT2D eigenvalue weighted by molar-refractivity contribution is 5.75. The lowest BCUT2D eigenvalue weighted by Crippen LogP contribution is -2.13. The zero-order valence-electron chi connectivity index (χ0n) is 9.93. The molecule has 0 saturated carbocycles. The summed E-state index contributed by atoms with van der Waals surface area (Å²) in [6.45, 7) is 2.74. The molecule has 0 amide bonds. The molecule has 0 spiro atoms. The summed E-state index contributed by atoms with van der Waals surface area (Å²) in [5.41, 5.74) is 5.95. The fraction of sp³-hybridized carbons (Fsp3) is 0.455. The molecule has 2 rings (SSSR count). The van der Waals surface area contributed by atoms with Gasteiger partial charge < -0.3 is 15.0 Å². The molecule has 1 unspecified atom stereocenters. The van der Waals surface area contributed by atoms with Crippen LogP contribution in [0.15, 0.2) is 17.1 Å². The molecule has 3 N–H and O–H groups in total. The number of anilines is 1. The van der Waals surface area contributed by atoms with E-state index in [1.54, 1.807) is 13.2 Å². The largest absolute Gasteiger partial charge is 0.382 e. The zero-order chi connectivity index (χ0) is 12.4. The Morgan fingerprint density at radius 1 is 1.65 bits per heavy atom. The first-order valence-corrected chi connectivity index (χ1v) is 5.49. The fourth-order valence-corrected chi connectivity index (χ4v) is 1.71. The van der Waals surface area contributed by atoms with Gasteiger partial charge in [-0.1, -0.05) is 0 Å². The van der Waals surface area contributed by atoms with Crippen LogP contribution in [0.4, 0.5) is 5.95 Å². The van der Waals surface area contributed by atoms with E-state index in [0.29, 0.717) is 11.0 Å². The van der Waals surface area contributed by atoms with Crippen LogP contribution in [0, 0.1) is 0 Å². The number of nitrogens with zero attached hydrogens (tertiary/aromatic N) is 2. The Hall–Kier alpha value is -1.82. The summed E-state index contributed by atoms with van der Waals surface area (Å²) in [5, 5.41) is 0.560. The first kappa shape index (κ1) is 11.7. The predicted octanol–water partition coefficient (Wildman–Crippen LogP) is 0.732. The highest BCUT2D eigenvalue weighted by atomic mass is 16.5. The molecule has 2 aromatic heterocycles. The lowest BCUT2D eigenvalue weighted by Gasteiger charge is -2.10. The van der Waals surface area contributed by atoms with Gasteiger partial charge >= 0.3 is 0 Å². The Morgan fingerprint density at radius 2 is 2.41 bits per heavy atom. The SMILES string of the molecule is COC(C)CCn1ccc2c(=O)[nH]c(N)nc21. The molecule has 92 valence electrons. The maximum absolute atomic E-state index is 11.6. The molecular weight excluding hydrogens is 220 g/mol. The number of H-pyrrole nitrogens is 1. The quantitative estimate of drug-likeness (QED) is 0.819.